The molecule has 24 heavy (non-hydrogen) atoms. The third-order valence-corrected chi connectivity index (χ3v) is 4.31. The lowest BCUT2D eigenvalue weighted by atomic mass is 9.89. The highest BCUT2D eigenvalue weighted by molar-refractivity contribution is 5.99. The maximum absolute atomic E-state index is 11.9. The van der Waals surface area contributed by atoms with Crippen LogP contribution >= 0.6 is 0 Å². The second-order valence-electron chi connectivity index (χ2n) is 6.47. The number of H-pyrrole nitrogens is 1. The largest absolute Gasteiger partial charge is 0.374 e. The van der Waals surface area contributed by atoms with Crippen molar-refractivity contribution in [1.82, 2.24) is 10.2 Å². The smallest absolute Gasteiger partial charge is 0.323 e. The van der Waals surface area contributed by atoms with Gasteiger partial charge in [-0.05, 0) is 36.5 Å². The number of hydrogen-bond acceptors (Lipinski definition) is 3. The van der Waals surface area contributed by atoms with E-state index in [0.29, 0.717) is 18.4 Å². The molecule has 2 amide bonds. The number of rotatable bonds is 5. The molecule has 128 valence electrons. The van der Waals surface area contributed by atoms with Gasteiger partial charge in [0.25, 0.3) is 0 Å². The van der Waals surface area contributed by atoms with Crippen molar-refractivity contribution in [1.29, 1.82) is 0 Å². The van der Waals surface area contributed by atoms with E-state index >= 15 is 0 Å². The number of aromatic nitrogens is 2. The Bertz CT molecular complexity index is 657. The molecule has 1 aromatic heterocycles. The summed E-state index contributed by atoms with van der Waals surface area (Å²) >= 11 is 0. The molecule has 0 radical (unpaired) electrons. The Morgan fingerprint density at radius 2 is 2.21 bits per heavy atom. The Kier molecular flexibility index (Phi) is 5.48. The van der Waals surface area contributed by atoms with E-state index in [0.717, 1.165) is 30.0 Å². The van der Waals surface area contributed by atoms with Crippen molar-refractivity contribution in [3.63, 3.8) is 0 Å². The first kappa shape index (κ1) is 16.5. The standard InChI is InChI=1S/C18H24N4O2/c1-13-4-2-7-17(8-13)24-12-14-5-3-6-15(9-14)21-18(23)22-16-10-19-20-11-16/h3,5-6,9-11,13,17H,2,4,7-8,12H2,1H3,(H,19,20)(H2,21,22,23)/t13-,17-/m0/s1. The van der Waals surface area contributed by atoms with Crippen LogP contribution in [0.15, 0.2) is 36.7 Å². The van der Waals surface area contributed by atoms with Gasteiger partial charge in [0, 0.05) is 11.9 Å². The van der Waals surface area contributed by atoms with Gasteiger partial charge in [-0.3, -0.25) is 5.10 Å². The maximum Gasteiger partial charge on any atom is 0.323 e. The fraction of sp³-hybridized carbons (Fsp3) is 0.444. The van der Waals surface area contributed by atoms with Gasteiger partial charge in [0.05, 0.1) is 24.6 Å². The Labute approximate surface area is 142 Å². The van der Waals surface area contributed by atoms with E-state index in [1.807, 2.05) is 24.3 Å². The van der Waals surface area contributed by atoms with Gasteiger partial charge in [-0.2, -0.15) is 5.10 Å². The van der Waals surface area contributed by atoms with Gasteiger partial charge < -0.3 is 15.4 Å². The number of amides is 2. The van der Waals surface area contributed by atoms with Gasteiger partial charge in [-0.25, -0.2) is 4.79 Å². The summed E-state index contributed by atoms with van der Waals surface area (Å²) in [6, 6.07) is 7.46. The first-order chi connectivity index (χ1) is 11.7. The van der Waals surface area contributed by atoms with Crippen molar-refractivity contribution in [3.8, 4) is 0 Å². The van der Waals surface area contributed by atoms with Crippen LogP contribution in [-0.2, 0) is 11.3 Å². The minimum atomic E-state index is -0.296. The van der Waals surface area contributed by atoms with E-state index in [9.17, 15) is 4.79 Å². The van der Waals surface area contributed by atoms with Gasteiger partial charge >= 0.3 is 6.03 Å². The number of aromatic amines is 1. The zero-order valence-electron chi connectivity index (χ0n) is 13.9. The van der Waals surface area contributed by atoms with Crippen LogP contribution in [0, 0.1) is 5.92 Å². The molecule has 2 atom stereocenters. The van der Waals surface area contributed by atoms with Crippen LogP contribution in [0.1, 0.15) is 38.2 Å². The SMILES string of the molecule is C[C@H]1CCC[C@H](OCc2cccc(NC(=O)Nc3cn[nH]c3)c2)C1. The summed E-state index contributed by atoms with van der Waals surface area (Å²) in [5.74, 6) is 0.753. The highest BCUT2D eigenvalue weighted by Crippen LogP contribution is 2.26. The van der Waals surface area contributed by atoms with Crippen molar-refractivity contribution < 1.29 is 9.53 Å². The molecule has 1 saturated carbocycles. The fourth-order valence-corrected chi connectivity index (χ4v) is 3.10. The number of nitrogens with one attached hydrogen (secondary N) is 3. The normalized spacial score (nSPS) is 20.5. The molecule has 2 aromatic rings. The van der Waals surface area contributed by atoms with E-state index in [-0.39, 0.29) is 6.03 Å². The van der Waals surface area contributed by atoms with Crippen molar-refractivity contribution in [2.45, 2.75) is 45.3 Å². The molecule has 3 rings (SSSR count). The molecule has 1 aromatic carbocycles. The molecule has 1 aliphatic carbocycles. The summed E-state index contributed by atoms with van der Waals surface area (Å²) in [5, 5.41) is 12.0. The molecule has 0 bridgehead atoms. The summed E-state index contributed by atoms with van der Waals surface area (Å²) in [7, 11) is 0. The van der Waals surface area contributed by atoms with E-state index in [1.165, 1.54) is 12.8 Å². The molecule has 1 heterocycles. The van der Waals surface area contributed by atoms with E-state index in [4.69, 9.17) is 4.74 Å². The number of carbonyl (C=O) groups excluding carboxylic acids is 1. The topological polar surface area (TPSA) is 79.0 Å². The number of hydrogen-bond donors (Lipinski definition) is 3. The Morgan fingerprint density at radius 1 is 1.33 bits per heavy atom. The fourth-order valence-electron chi connectivity index (χ4n) is 3.10. The molecule has 3 N–H and O–H groups in total. The number of ether oxygens (including phenoxy) is 1. The van der Waals surface area contributed by atoms with Crippen LogP contribution in [0.4, 0.5) is 16.2 Å². The van der Waals surface area contributed by atoms with Crippen LogP contribution < -0.4 is 10.6 Å². The summed E-state index contributed by atoms with van der Waals surface area (Å²) in [4.78, 5) is 11.9. The van der Waals surface area contributed by atoms with Crippen LogP contribution in [0.5, 0.6) is 0 Å². The van der Waals surface area contributed by atoms with Gasteiger partial charge in [0.1, 0.15) is 0 Å². The average molecular weight is 328 g/mol. The lowest BCUT2D eigenvalue weighted by Gasteiger charge is -2.26. The van der Waals surface area contributed by atoms with Gasteiger partial charge in [-0.15, -0.1) is 0 Å². The molecule has 0 spiro atoms. The lowest BCUT2D eigenvalue weighted by molar-refractivity contribution is 0.00468. The second kappa shape index (κ2) is 7.97. The second-order valence-corrected chi connectivity index (χ2v) is 6.47. The molecular formula is C18H24N4O2. The van der Waals surface area contributed by atoms with Crippen LogP contribution in [0.3, 0.4) is 0 Å². The molecule has 1 fully saturated rings. The zero-order valence-corrected chi connectivity index (χ0v) is 13.9. The molecule has 6 nitrogen and oxygen atoms in total. The first-order valence-electron chi connectivity index (χ1n) is 8.46. The Morgan fingerprint density at radius 3 is 3.00 bits per heavy atom. The van der Waals surface area contributed by atoms with Gasteiger partial charge in [0.2, 0.25) is 0 Å². The van der Waals surface area contributed by atoms with Crippen molar-refractivity contribution in [2.24, 2.45) is 5.92 Å². The van der Waals surface area contributed by atoms with Gasteiger partial charge in [-0.1, -0.05) is 31.9 Å². The summed E-state index contributed by atoms with van der Waals surface area (Å²) in [6.07, 6.45) is 8.38. The molecule has 6 heteroatoms. The van der Waals surface area contributed by atoms with Crippen LogP contribution in [-0.4, -0.2) is 22.3 Å². The van der Waals surface area contributed by atoms with E-state index in [2.05, 4.69) is 27.8 Å². The Hall–Kier alpha value is -2.34. The summed E-state index contributed by atoms with van der Waals surface area (Å²) < 4.78 is 6.04. The predicted octanol–water partition coefficient (Wildman–Crippen LogP) is 4.15. The van der Waals surface area contributed by atoms with E-state index < -0.39 is 0 Å². The third-order valence-electron chi connectivity index (χ3n) is 4.31. The molecule has 0 saturated heterocycles. The minimum absolute atomic E-state index is 0.296. The quantitative estimate of drug-likeness (QED) is 0.771. The number of urea groups is 1. The van der Waals surface area contributed by atoms with Crippen molar-refractivity contribution in [3.05, 3.63) is 42.2 Å². The number of nitrogens with zero attached hydrogens (tertiary/aromatic N) is 1. The highest BCUT2D eigenvalue weighted by Gasteiger charge is 2.19. The van der Waals surface area contributed by atoms with E-state index in [1.54, 1.807) is 12.4 Å². The summed E-state index contributed by atoms with van der Waals surface area (Å²) in [6.45, 7) is 2.87. The molecule has 0 aliphatic heterocycles. The number of benzene rings is 1. The molecule has 1 aliphatic rings. The van der Waals surface area contributed by atoms with Gasteiger partial charge in [0.15, 0.2) is 0 Å². The maximum atomic E-state index is 11.9. The minimum Gasteiger partial charge on any atom is -0.374 e. The molecule has 0 unspecified atom stereocenters. The number of anilines is 2. The molecular weight excluding hydrogens is 304 g/mol. The Balaban J connectivity index is 1.51. The van der Waals surface area contributed by atoms with Crippen LogP contribution in [0.2, 0.25) is 0 Å². The summed E-state index contributed by atoms with van der Waals surface area (Å²) in [5.41, 5.74) is 2.43. The average Bonchev–Trinajstić information content (AvgIpc) is 3.06. The predicted molar refractivity (Wildman–Crippen MR) is 93.9 cm³/mol. The van der Waals surface area contributed by atoms with Crippen LogP contribution in [0.25, 0.3) is 0 Å². The highest BCUT2D eigenvalue weighted by atomic mass is 16.5. The zero-order chi connectivity index (χ0) is 16.8. The monoisotopic (exact) mass is 328 g/mol. The lowest BCUT2D eigenvalue weighted by Crippen LogP contribution is -2.21. The van der Waals surface area contributed by atoms with Crippen molar-refractivity contribution >= 4 is 17.4 Å². The third kappa shape index (κ3) is 4.83. The number of carbonyl (C=O) groups is 1. The van der Waals surface area contributed by atoms with Crippen molar-refractivity contribution in [2.75, 3.05) is 10.6 Å². The first-order valence-corrected chi connectivity index (χ1v) is 8.46.